The number of hydrogen-bond acceptors (Lipinski definition) is 3. The molecule has 1 aliphatic heterocycles. The van der Waals surface area contributed by atoms with Crippen molar-refractivity contribution >= 4 is 12.1 Å². The van der Waals surface area contributed by atoms with Crippen LogP contribution in [0.3, 0.4) is 0 Å². The molecule has 0 aromatic heterocycles. The number of piperidine rings is 1. The first-order valence-electron chi connectivity index (χ1n) is 6.15. The van der Waals surface area contributed by atoms with Gasteiger partial charge in [0.1, 0.15) is 11.6 Å². The summed E-state index contributed by atoms with van der Waals surface area (Å²) in [6, 6.07) is -2.25. The summed E-state index contributed by atoms with van der Waals surface area (Å²) in [5, 5.41) is 9.10. The van der Waals surface area contributed by atoms with E-state index in [-0.39, 0.29) is 6.42 Å². The van der Waals surface area contributed by atoms with Crippen molar-refractivity contribution in [3.8, 4) is 0 Å². The van der Waals surface area contributed by atoms with Gasteiger partial charge in [-0.25, -0.2) is 18.4 Å². The standard InChI is InChI=1S/C12H17F2NO4/c1-11(2,3)19-10(18)15-6-4-7(8(15)9(16)17)12(13,14)5-6/h6-8H,4-5H2,1-3H3,(H,16,17)/t6?,7?,8-/m0/s1. The number of ether oxygens (including phenoxy) is 1. The Morgan fingerprint density at radius 3 is 2.42 bits per heavy atom. The van der Waals surface area contributed by atoms with E-state index in [0.717, 1.165) is 4.90 Å². The van der Waals surface area contributed by atoms with E-state index in [1.54, 1.807) is 20.8 Å². The molecule has 2 bridgehead atoms. The zero-order valence-corrected chi connectivity index (χ0v) is 11.0. The number of carboxylic acids is 1. The minimum absolute atomic E-state index is 0.0171. The van der Waals surface area contributed by atoms with Gasteiger partial charge in [-0.1, -0.05) is 0 Å². The molecule has 1 N–H and O–H groups in total. The Balaban J connectivity index is 2.22. The lowest BCUT2D eigenvalue weighted by Crippen LogP contribution is -2.55. The molecular formula is C12H17F2NO4. The van der Waals surface area contributed by atoms with Gasteiger partial charge in [0.05, 0.1) is 5.92 Å². The molecule has 0 aromatic carbocycles. The molecule has 108 valence electrons. The smallest absolute Gasteiger partial charge is 0.411 e. The molecule has 19 heavy (non-hydrogen) atoms. The molecule has 2 rings (SSSR count). The summed E-state index contributed by atoms with van der Waals surface area (Å²) < 4.78 is 32.3. The molecule has 3 atom stereocenters. The van der Waals surface area contributed by atoms with Gasteiger partial charge in [0.15, 0.2) is 0 Å². The van der Waals surface area contributed by atoms with Crippen LogP contribution < -0.4 is 0 Å². The lowest BCUT2D eigenvalue weighted by Gasteiger charge is -2.37. The number of rotatable bonds is 1. The third-order valence-electron chi connectivity index (χ3n) is 3.51. The Hall–Kier alpha value is -1.40. The van der Waals surface area contributed by atoms with E-state index < -0.39 is 48.0 Å². The van der Waals surface area contributed by atoms with Crippen molar-refractivity contribution in [3.05, 3.63) is 0 Å². The SMILES string of the molecule is CC(C)(C)OC(=O)N1C2CC([C@H]1C(=O)O)C(F)(F)C2. The molecule has 0 aromatic rings. The van der Waals surface area contributed by atoms with Crippen molar-refractivity contribution in [2.75, 3.05) is 0 Å². The highest BCUT2D eigenvalue weighted by Crippen LogP contribution is 2.52. The van der Waals surface area contributed by atoms with Gasteiger partial charge in [0.2, 0.25) is 0 Å². The number of likely N-dealkylation sites (tertiary alicyclic amines) is 1. The molecule has 2 fully saturated rings. The number of alkyl halides is 2. The van der Waals surface area contributed by atoms with Crippen molar-refractivity contribution < 1.29 is 28.2 Å². The first kappa shape index (κ1) is 14.0. The molecular weight excluding hydrogens is 260 g/mol. The number of carboxylic acid groups (broad SMARTS) is 1. The van der Waals surface area contributed by atoms with Crippen LogP contribution >= 0.6 is 0 Å². The first-order chi connectivity index (χ1) is 8.53. The first-order valence-corrected chi connectivity index (χ1v) is 6.15. The fraction of sp³-hybridized carbons (Fsp3) is 0.833. The molecule has 1 saturated heterocycles. The molecule has 1 saturated carbocycles. The second-order valence-electron chi connectivity index (χ2n) is 6.13. The maximum Gasteiger partial charge on any atom is 0.411 e. The number of nitrogens with zero attached hydrogens (tertiary/aromatic N) is 1. The highest BCUT2D eigenvalue weighted by molar-refractivity contribution is 5.82. The van der Waals surface area contributed by atoms with E-state index in [4.69, 9.17) is 9.84 Å². The largest absolute Gasteiger partial charge is 0.480 e. The summed E-state index contributed by atoms with van der Waals surface area (Å²) in [4.78, 5) is 24.1. The molecule has 1 amide bonds. The Kier molecular flexibility index (Phi) is 2.98. The van der Waals surface area contributed by atoms with Crippen LogP contribution in [0.25, 0.3) is 0 Å². The quantitative estimate of drug-likeness (QED) is 0.797. The molecule has 0 spiro atoms. The van der Waals surface area contributed by atoms with Crippen LogP contribution in [0.5, 0.6) is 0 Å². The number of carbonyl (C=O) groups excluding carboxylic acids is 1. The van der Waals surface area contributed by atoms with Crippen molar-refractivity contribution in [2.24, 2.45) is 5.92 Å². The zero-order chi connectivity index (χ0) is 14.6. The molecule has 0 radical (unpaired) electrons. The monoisotopic (exact) mass is 277 g/mol. The van der Waals surface area contributed by atoms with E-state index in [1.807, 2.05) is 0 Å². The van der Waals surface area contributed by atoms with Crippen LogP contribution in [-0.2, 0) is 9.53 Å². The number of carbonyl (C=O) groups is 2. The zero-order valence-electron chi connectivity index (χ0n) is 11.0. The van der Waals surface area contributed by atoms with Gasteiger partial charge in [-0.15, -0.1) is 0 Å². The number of fused-ring (bicyclic) bond motifs is 2. The third kappa shape index (κ3) is 2.37. The summed E-state index contributed by atoms with van der Waals surface area (Å²) >= 11 is 0. The highest BCUT2D eigenvalue weighted by atomic mass is 19.3. The molecule has 1 aliphatic carbocycles. The van der Waals surface area contributed by atoms with Crippen LogP contribution in [-0.4, -0.2) is 45.7 Å². The van der Waals surface area contributed by atoms with Crippen LogP contribution in [0, 0.1) is 5.92 Å². The highest BCUT2D eigenvalue weighted by Gasteiger charge is 2.65. The van der Waals surface area contributed by atoms with Crippen LogP contribution in [0.2, 0.25) is 0 Å². The van der Waals surface area contributed by atoms with Crippen molar-refractivity contribution in [1.82, 2.24) is 4.90 Å². The Bertz CT molecular complexity index is 418. The Morgan fingerprint density at radius 1 is 1.37 bits per heavy atom. The lowest BCUT2D eigenvalue weighted by atomic mass is 9.95. The predicted molar refractivity (Wildman–Crippen MR) is 61.0 cm³/mol. The molecule has 2 aliphatic rings. The number of halogens is 2. The van der Waals surface area contributed by atoms with Gasteiger partial charge in [-0.3, -0.25) is 4.90 Å². The van der Waals surface area contributed by atoms with Crippen molar-refractivity contribution in [1.29, 1.82) is 0 Å². The van der Waals surface area contributed by atoms with E-state index >= 15 is 0 Å². The Labute approximate surface area is 109 Å². The molecule has 5 nitrogen and oxygen atoms in total. The predicted octanol–water partition coefficient (Wildman–Crippen LogP) is 2.10. The topological polar surface area (TPSA) is 66.8 Å². The van der Waals surface area contributed by atoms with Crippen molar-refractivity contribution in [3.63, 3.8) is 0 Å². The van der Waals surface area contributed by atoms with Gasteiger partial charge in [0.25, 0.3) is 5.92 Å². The van der Waals surface area contributed by atoms with Gasteiger partial charge in [-0.05, 0) is 27.2 Å². The fourth-order valence-corrected chi connectivity index (χ4v) is 2.88. The summed E-state index contributed by atoms with van der Waals surface area (Å²) in [6.07, 6.45) is -1.30. The second kappa shape index (κ2) is 4.05. The summed E-state index contributed by atoms with van der Waals surface area (Å²) in [5.74, 6) is -5.74. The van der Waals surface area contributed by atoms with Crippen LogP contribution in [0.1, 0.15) is 33.6 Å². The molecule has 1 heterocycles. The van der Waals surface area contributed by atoms with E-state index in [9.17, 15) is 18.4 Å². The maximum atomic E-state index is 13.6. The van der Waals surface area contributed by atoms with E-state index in [0.29, 0.717) is 0 Å². The maximum absolute atomic E-state index is 13.6. The van der Waals surface area contributed by atoms with Crippen molar-refractivity contribution in [2.45, 2.75) is 57.2 Å². The average Bonchev–Trinajstić information content (AvgIpc) is 2.66. The normalized spacial score (nSPS) is 32.5. The Morgan fingerprint density at radius 2 is 1.95 bits per heavy atom. The minimum Gasteiger partial charge on any atom is -0.480 e. The summed E-state index contributed by atoms with van der Waals surface area (Å²) in [5.41, 5.74) is -0.787. The van der Waals surface area contributed by atoms with Gasteiger partial charge in [-0.2, -0.15) is 0 Å². The van der Waals surface area contributed by atoms with Gasteiger partial charge >= 0.3 is 12.1 Å². The summed E-state index contributed by atoms with van der Waals surface area (Å²) in [7, 11) is 0. The molecule has 7 heteroatoms. The average molecular weight is 277 g/mol. The van der Waals surface area contributed by atoms with Crippen LogP contribution in [0.4, 0.5) is 13.6 Å². The minimum atomic E-state index is -3.02. The number of amides is 1. The second-order valence-corrected chi connectivity index (χ2v) is 6.13. The number of aliphatic carboxylic acids is 1. The molecule has 2 unspecified atom stereocenters. The van der Waals surface area contributed by atoms with E-state index in [1.165, 1.54) is 0 Å². The summed E-state index contributed by atoms with van der Waals surface area (Å²) in [6.45, 7) is 4.93. The van der Waals surface area contributed by atoms with Gasteiger partial charge in [0, 0.05) is 12.5 Å². The third-order valence-corrected chi connectivity index (χ3v) is 3.51. The lowest BCUT2D eigenvalue weighted by molar-refractivity contribution is -0.155. The van der Waals surface area contributed by atoms with E-state index in [2.05, 4.69) is 0 Å². The number of hydrogen-bond donors (Lipinski definition) is 1. The fourth-order valence-electron chi connectivity index (χ4n) is 2.88. The van der Waals surface area contributed by atoms with Gasteiger partial charge < -0.3 is 9.84 Å². The van der Waals surface area contributed by atoms with Crippen LogP contribution in [0.15, 0.2) is 0 Å².